The van der Waals surface area contributed by atoms with E-state index in [1.54, 1.807) is 0 Å². The third-order valence-electron chi connectivity index (χ3n) is 8.53. The third kappa shape index (κ3) is 2.39. The maximum atomic E-state index is 14.6. The summed E-state index contributed by atoms with van der Waals surface area (Å²) in [6, 6.07) is 35.7. The molecule has 4 heterocycles. The average molecular weight is 481 g/mol. The van der Waals surface area contributed by atoms with Gasteiger partial charge in [-0.15, -0.1) is 0 Å². The zero-order valence-corrected chi connectivity index (χ0v) is 19.9. The molecule has 8 rings (SSSR count). The van der Waals surface area contributed by atoms with Gasteiger partial charge in [-0.05, 0) is 28.3 Å². The second kappa shape index (κ2) is 7.09. The molecule has 1 saturated heterocycles. The van der Waals surface area contributed by atoms with Gasteiger partial charge in [0.1, 0.15) is 11.2 Å². The first-order valence-corrected chi connectivity index (χ1v) is 12.6. The van der Waals surface area contributed by atoms with Crippen molar-refractivity contribution in [3.8, 4) is 0 Å². The number of rotatable bonds is 2. The van der Waals surface area contributed by atoms with E-state index in [9.17, 15) is 9.59 Å². The van der Waals surface area contributed by atoms with Gasteiger partial charge in [-0.1, -0.05) is 84.9 Å². The number of Topliss-reactive ketones (excluding diaryl/α,β-unsaturated/α-hetero) is 2. The van der Waals surface area contributed by atoms with Crippen LogP contribution in [0.3, 0.4) is 0 Å². The Hall–Kier alpha value is -4.41. The second-order valence-electron chi connectivity index (χ2n) is 10.2. The number of carbonyl (C=O) groups excluding carboxylic acids is 2. The topological polar surface area (TPSA) is 47.5 Å². The van der Waals surface area contributed by atoms with E-state index in [1.807, 2.05) is 114 Å². The molecule has 0 N–H and O–H groups in total. The predicted octanol–water partition coefficient (Wildman–Crippen LogP) is 5.27. The normalized spacial score (nSPS) is 27.1. The number of benzene rings is 3. The Morgan fingerprint density at radius 1 is 0.595 bits per heavy atom. The highest BCUT2D eigenvalue weighted by molar-refractivity contribution is 6.18. The molecule has 4 atom stereocenters. The zero-order chi connectivity index (χ0) is 24.8. The van der Waals surface area contributed by atoms with Crippen molar-refractivity contribution in [1.82, 2.24) is 0 Å². The number of pyridine rings is 2. The molecule has 4 nitrogen and oxygen atoms in total. The van der Waals surface area contributed by atoms with Gasteiger partial charge < -0.3 is 4.74 Å². The fourth-order valence-electron chi connectivity index (χ4n) is 7.14. The van der Waals surface area contributed by atoms with Gasteiger partial charge in [-0.25, -0.2) is 0 Å². The molecule has 2 unspecified atom stereocenters. The van der Waals surface area contributed by atoms with Crippen LogP contribution in [-0.2, 0) is 15.9 Å². The van der Waals surface area contributed by atoms with Gasteiger partial charge in [0.25, 0.3) is 0 Å². The second-order valence-corrected chi connectivity index (χ2v) is 10.2. The Balaban J connectivity index is 1.50. The van der Waals surface area contributed by atoms with Crippen LogP contribution in [0.1, 0.15) is 43.0 Å². The Bertz CT molecular complexity index is 1630. The highest BCUT2D eigenvalue weighted by atomic mass is 16.5. The number of fused-ring (bicyclic) bond motifs is 10. The summed E-state index contributed by atoms with van der Waals surface area (Å²) in [6.07, 6.45) is 3.72. The van der Waals surface area contributed by atoms with Gasteiger partial charge in [-0.3, -0.25) is 9.59 Å². The first-order valence-electron chi connectivity index (χ1n) is 12.6. The SMILES string of the molecule is O=C1c2cc3cccc[n+]3cc2C(=O)C2C1[C@]1(c3ccccc3)O[C@@]2(c2ccccc2)c2ccccc21. The van der Waals surface area contributed by atoms with E-state index in [1.165, 1.54) is 0 Å². The molecule has 0 saturated carbocycles. The summed E-state index contributed by atoms with van der Waals surface area (Å²) in [5.41, 5.74) is 3.39. The van der Waals surface area contributed by atoms with Crippen LogP contribution in [0.25, 0.3) is 5.52 Å². The van der Waals surface area contributed by atoms with E-state index in [4.69, 9.17) is 4.74 Å². The number of carbonyl (C=O) groups is 2. The number of ether oxygens (including phenoxy) is 1. The molecule has 4 heteroatoms. The molecule has 176 valence electrons. The number of hydrogen-bond donors (Lipinski definition) is 0. The number of ketones is 2. The Kier molecular flexibility index (Phi) is 3.97. The largest absolute Gasteiger partial charge is 0.348 e. The average Bonchev–Trinajstić information content (AvgIpc) is 3.46. The maximum Gasteiger partial charge on any atom is 0.211 e. The molecule has 2 aliphatic heterocycles. The minimum Gasteiger partial charge on any atom is -0.348 e. The summed E-state index contributed by atoms with van der Waals surface area (Å²) in [5, 5.41) is 0. The molecule has 5 aromatic rings. The number of hydrogen-bond acceptors (Lipinski definition) is 3. The number of nitrogens with zero attached hydrogens (tertiary/aromatic N) is 1. The smallest absolute Gasteiger partial charge is 0.211 e. The van der Waals surface area contributed by atoms with E-state index < -0.39 is 23.0 Å². The molecule has 1 aliphatic carbocycles. The van der Waals surface area contributed by atoms with Gasteiger partial charge >= 0.3 is 0 Å². The van der Waals surface area contributed by atoms with Crippen molar-refractivity contribution >= 4 is 17.1 Å². The van der Waals surface area contributed by atoms with E-state index in [-0.39, 0.29) is 11.6 Å². The van der Waals surface area contributed by atoms with Crippen molar-refractivity contribution in [1.29, 1.82) is 0 Å². The minimum atomic E-state index is -1.07. The molecule has 37 heavy (non-hydrogen) atoms. The summed E-state index contributed by atoms with van der Waals surface area (Å²) >= 11 is 0. The fraction of sp³-hybridized carbons (Fsp3) is 0.121. The summed E-state index contributed by atoms with van der Waals surface area (Å²) in [6.45, 7) is 0. The monoisotopic (exact) mass is 480 g/mol. The third-order valence-corrected chi connectivity index (χ3v) is 8.53. The van der Waals surface area contributed by atoms with Gasteiger partial charge in [0, 0.05) is 23.8 Å². The molecule has 0 amide bonds. The highest BCUT2D eigenvalue weighted by Crippen LogP contribution is 2.70. The van der Waals surface area contributed by atoms with Crippen molar-refractivity contribution in [3.05, 3.63) is 155 Å². The fourth-order valence-corrected chi connectivity index (χ4v) is 7.14. The van der Waals surface area contributed by atoms with Crippen LogP contribution in [-0.4, -0.2) is 11.6 Å². The van der Waals surface area contributed by atoms with Gasteiger partial charge in [0.05, 0.1) is 17.4 Å². The van der Waals surface area contributed by atoms with Crippen LogP contribution in [0, 0.1) is 11.8 Å². The molecule has 0 radical (unpaired) electrons. The standard InChI is InChI=1S/C33H22NO3/c35-30-24-19-23-15-9-10-18-34(23)20-25(24)31(36)29-28(30)32(21-11-3-1-4-12-21)26-16-7-8-17-27(26)33(29,37-32)22-13-5-2-6-14-22/h1-20,28-29H/q+1/t28?,29?,32-,33+/m1/s1. The Morgan fingerprint density at radius 3 is 1.70 bits per heavy atom. The van der Waals surface area contributed by atoms with Crippen LogP contribution in [0.5, 0.6) is 0 Å². The van der Waals surface area contributed by atoms with Crippen molar-refractivity contribution in [2.45, 2.75) is 11.2 Å². The lowest BCUT2D eigenvalue weighted by atomic mass is 9.55. The molecular formula is C33H22NO3+. The van der Waals surface area contributed by atoms with Crippen LogP contribution in [0.2, 0.25) is 0 Å². The lowest BCUT2D eigenvalue weighted by molar-refractivity contribution is -0.512. The first kappa shape index (κ1) is 20.7. The van der Waals surface area contributed by atoms with E-state index in [0.29, 0.717) is 11.1 Å². The summed E-state index contributed by atoms with van der Waals surface area (Å²) in [5.74, 6) is -1.46. The molecule has 2 bridgehead atoms. The van der Waals surface area contributed by atoms with Crippen LogP contribution in [0.4, 0.5) is 0 Å². The minimum absolute atomic E-state index is 0.0397. The summed E-state index contributed by atoms with van der Waals surface area (Å²) < 4.78 is 9.17. The van der Waals surface area contributed by atoms with Crippen LogP contribution in [0.15, 0.2) is 122 Å². The van der Waals surface area contributed by atoms with Crippen LogP contribution < -0.4 is 4.40 Å². The summed E-state index contributed by atoms with van der Waals surface area (Å²) in [7, 11) is 0. The molecule has 3 aliphatic rings. The maximum absolute atomic E-state index is 14.6. The number of aromatic nitrogens is 1. The highest BCUT2D eigenvalue weighted by Gasteiger charge is 2.76. The molecule has 2 aromatic heterocycles. The zero-order valence-electron chi connectivity index (χ0n) is 19.9. The van der Waals surface area contributed by atoms with Crippen molar-refractivity contribution in [3.63, 3.8) is 0 Å². The van der Waals surface area contributed by atoms with Crippen LogP contribution >= 0.6 is 0 Å². The van der Waals surface area contributed by atoms with E-state index in [2.05, 4.69) is 12.1 Å². The lowest BCUT2D eigenvalue weighted by Crippen LogP contribution is -2.51. The summed E-state index contributed by atoms with van der Waals surface area (Å²) in [4.78, 5) is 29.2. The first-order chi connectivity index (χ1) is 18.2. The Labute approximate surface area is 213 Å². The van der Waals surface area contributed by atoms with Gasteiger partial charge in [-0.2, -0.15) is 4.40 Å². The quantitative estimate of drug-likeness (QED) is 0.324. The molecule has 3 aromatic carbocycles. The Morgan fingerprint density at radius 2 is 1.11 bits per heavy atom. The lowest BCUT2D eigenvalue weighted by Gasteiger charge is -2.41. The molecule has 0 spiro atoms. The van der Waals surface area contributed by atoms with Crippen molar-refractivity contribution < 1.29 is 18.7 Å². The van der Waals surface area contributed by atoms with Crippen molar-refractivity contribution in [2.75, 3.05) is 0 Å². The van der Waals surface area contributed by atoms with Crippen molar-refractivity contribution in [2.24, 2.45) is 11.8 Å². The van der Waals surface area contributed by atoms with E-state index in [0.717, 1.165) is 27.8 Å². The van der Waals surface area contributed by atoms with Gasteiger partial charge in [0.15, 0.2) is 24.0 Å². The molecule has 1 fully saturated rings. The van der Waals surface area contributed by atoms with E-state index >= 15 is 0 Å². The predicted molar refractivity (Wildman–Crippen MR) is 137 cm³/mol. The molecular weight excluding hydrogens is 458 g/mol. The van der Waals surface area contributed by atoms with Gasteiger partial charge in [0.2, 0.25) is 5.52 Å².